The molecule has 1 heterocycles. The molecule has 1 fully saturated rings. The molecule has 0 saturated carbocycles. The zero-order chi connectivity index (χ0) is 14.8. The van der Waals surface area contributed by atoms with Gasteiger partial charge in [-0.25, -0.2) is 8.42 Å². The largest absolute Gasteiger partial charge is 0.398 e. The van der Waals surface area contributed by atoms with Crippen LogP contribution in [0.15, 0.2) is 23.1 Å². The number of anilines is 1. The molecule has 1 aromatic rings. The van der Waals surface area contributed by atoms with Crippen LogP contribution in [0, 0.1) is 12.3 Å². The molecule has 0 aliphatic carbocycles. The van der Waals surface area contributed by atoms with Crippen LogP contribution >= 0.6 is 11.6 Å². The van der Waals surface area contributed by atoms with Gasteiger partial charge in [-0.1, -0.05) is 17.5 Å². The summed E-state index contributed by atoms with van der Waals surface area (Å²) in [5.41, 5.74) is 5.93. The Morgan fingerprint density at radius 1 is 1.30 bits per heavy atom. The Hall–Kier alpha value is -1.26. The predicted molar refractivity (Wildman–Crippen MR) is 79.9 cm³/mol. The van der Waals surface area contributed by atoms with Gasteiger partial charge in [-0.2, -0.15) is 4.31 Å². The lowest BCUT2D eigenvalue weighted by molar-refractivity contribution is 0.207. The van der Waals surface area contributed by atoms with Crippen molar-refractivity contribution in [1.82, 2.24) is 9.21 Å². The maximum atomic E-state index is 12.5. The number of nitrogens with two attached hydrogens (primary N) is 1. The quantitative estimate of drug-likeness (QED) is 0.664. The highest BCUT2D eigenvalue weighted by molar-refractivity contribution is 7.89. The first-order valence-corrected chi connectivity index (χ1v) is 7.98. The number of rotatable bonds is 3. The van der Waals surface area contributed by atoms with Crippen LogP contribution in [0.3, 0.4) is 0 Å². The smallest absolute Gasteiger partial charge is 0.245 e. The normalized spacial score (nSPS) is 17.8. The summed E-state index contributed by atoms with van der Waals surface area (Å²) < 4.78 is 26.5. The minimum Gasteiger partial charge on any atom is -0.398 e. The number of benzene rings is 1. The highest BCUT2D eigenvalue weighted by Crippen LogP contribution is 2.26. The van der Waals surface area contributed by atoms with Crippen LogP contribution in [-0.4, -0.2) is 50.3 Å². The third-order valence-electron chi connectivity index (χ3n) is 3.24. The Bertz CT molecular complexity index is 632. The predicted octanol–water partition coefficient (Wildman–Crippen LogP) is 0.862. The zero-order valence-electron chi connectivity index (χ0n) is 10.9. The van der Waals surface area contributed by atoms with E-state index in [4.69, 9.17) is 23.8 Å². The van der Waals surface area contributed by atoms with E-state index in [0.717, 1.165) is 0 Å². The number of terminal acetylenes is 1. The monoisotopic (exact) mass is 313 g/mol. The number of nitrogens with zero attached hydrogens (tertiary/aromatic N) is 2. The van der Waals surface area contributed by atoms with Crippen molar-refractivity contribution in [3.63, 3.8) is 0 Å². The molecule has 0 spiro atoms. The van der Waals surface area contributed by atoms with E-state index in [9.17, 15) is 8.42 Å². The second-order valence-corrected chi connectivity index (χ2v) is 6.91. The van der Waals surface area contributed by atoms with E-state index in [-0.39, 0.29) is 10.6 Å². The number of sulfonamides is 1. The highest BCUT2D eigenvalue weighted by atomic mass is 35.5. The Morgan fingerprint density at radius 2 is 1.95 bits per heavy atom. The minimum atomic E-state index is -3.58. The van der Waals surface area contributed by atoms with Crippen molar-refractivity contribution in [2.24, 2.45) is 0 Å². The van der Waals surface area contributed by atoms with Gasteiger partial charge in [-0.05, 0) is 18.2 Å². The van der Waals surface area contributed by atoms with Gasteiger partial charge in [0.05, 0.1) is 12.2 Å². The first kappa shape index (κ1) is 15.1. The number of halogens is 1. The van der Waals surface area contributed by atoms with Crippen LogP contribution in [0.2, 0.25) is 5.02 Å². The summed E-state index contributed by atoms with van der Waals surface area (Å²) in [6.45, 7) is 2.60. The maximum Gasteiger partial charge on any atom is 0.245 e. The van der Waals surface area contributed by atoms with Crippen LogP contribution in [-0.2, 0) is 10.0 Å². The van der Waals surface area contributed by atoms with Gasteiger partial charge in [-0.15, -0.1) is 6.42 Å². The summed E-state index contributed by atoms with van der Waals surface area (Å²) in [6, 6.07) is 4.42. The molecule has 0 amide bonds. The molecule has 1 aliphatic heterocycles. The lowest BCUT2D eigenvalue weighted by atomic mass is 10.3. The molecule has 1 aromatic carbocycles. The lowest BCUT2D eigenvalue weighted by Gasteiger charge is -2.33. The maximum absolute atomic E-state index is 12.5. The molecular weight excluding hydrogens is 298 g/mol. The molecule has 5 nitrogen and oxygen atoms in total. The van der Waals surface area contributed by atoms with Crippen LogP contribution in [0.5, 0.6) is 0 Å². The van der Waals surface area contributed by atoms with Gasteiger partial charge >= 0.3 is 0 Å². The summed E-state index contributed by atoms with van der Waals surface area (Å²) in [7, 11) is -3.58. The molecule has 2 rings (SSSR count). The molecule has 0 unspecified atom stereocenters. The average molecular weight is 314 g/mol. The van der Waals surface area contributed by atoms with Crippen molar-refractivity contribution in [2.45, 2.75) is 4.90 Å². The van der Waals surface area contributed by atoms with Gasteiger partial charge in [-0.3, -0.25) is 4.90 Å². The molecule has 1 saturated heterocycles. The lowest BCUT2D eigenvalue weighted by Crippen LogP contribution is -2.48. The van der Waals surface area contributed by atoms with Crippen molar-refractivity contribution >= 4 is 27.3 Å². The van der Waals surface area contributed by atoms with Gasteiger partial charge in [0.25, 0.3) is 0 Å². The van der Waals surface area contributed by atoms with E-state index in [1.165, 1.54) is 22.5 Å². The Morgan fingerprint density at radius 3 is 2.50 bits per heavy atom. The number of hydrogen-bond donors (Lipinski definition) is 1. The summed E-state index contributed by atoms with van der Waals surface area (Å²) in [6.07, 6.45) is 5.25. The fraction of sp³-hybridized carbons (Fsp3) is 0.385. The van der Waals surface area contributed by atoms with Crippen LogP contribution in [0.25, 0.3) is 0 Å². The second kappa shape index (κ2) is 6.02. The first-order chi connectivity index (χ1) is 9.45. The molecule has 0 atom stereocenters. The molecule has 0 radical (unpaired) electrons. The van der Waals surface area contributed by atoms with Crippen LogP contribution in [0.1, 0.15) is 0 Å². The fourth-order valence-electron chi connectivity index (χ4n) is 2.15. The third kappa shape index (κ3) is 3.07. The van der Waals surface area contributed by atoms with E-state index in [0.29, 0.717) is 37.7 Å². The zero-order valence-corrected chi connectivity index (χ0v) is 12.5. The summed E-state index contributed by atoms with van der Waals surface area (Å²) in [5.74, 6) is 2.56. The second-order valence-electron chi connectivity index (χ2n) is 4.57. The van der Waals surface area contributed by atoms with Crippen molar-refractivity contribution < 1.29 is 8.42 Å². The Kier molecular flexibility index (Phi) is 4.55. The van der Waals surface area contributed by atoms with Crippen molar-refractivity contribution in [3.8, 4) is 12.3 Å². The third-order valence-corrected chi connectivity index (χ3v) is 5.44. The van der Waals surface area contributed by atoms with Crippen molar-refractivity contribution in [2.75, 3.05) is 38.5 Å². The molecule has 0 bridgehead atoms. The summed E-state index contributed by atoms with van der Waals surface area (Å²) in [5, 5.41) is 0.417. The highest BCUT2D eigenvalue weighted by Gasteiger charge is 2.29. The first-order valence-electron chi connectivity index (χ1n) is 6.16. The Balaban J connectivity index is 2.18. The molecular formula is C13H16ClN3O2S. The topological polar surface area (TPSA) is 66.6 Å². The van der Waals surface area contributed by atoms with Crippen LogP contribution in [0.4, 0.5) is 5.69 Å². The molecule has 20 heavy (non-hydrogen) atoms. The Labute approximate surface area is 124 Å². The number of piperazine rings is 1. The minimum absolute atomic E-state index is 0.104. The fourth-order valence-corrected chi connectivity index (χ4v) is 3.85. The van der Waals surface area contributed by atoms with Gasteiger partial charge in [0, 0.05) is 31.2 Å². The van der Waals surface area contributed by atoms with Gasteiger partial charge in [0.15, 0.2) is 0 Å². The molecule has 0 aromatic heterocycles. The summed E-state index contributed by atoms with van der Waals surface area (Å²) >= 11 is 5.79. The van der Waals surface area contributed by atoms with Crippen LogP contribution < -0.4 is 5.73 Å². The SMILES string of the molecule is C#CCN1CCN(S(=O)(=O)c2ccc(Cl)cc2N)CC1. The standard InChI is InChI=1S/C13H16ClN3O2S/c1-2-5-16-6-8-17(9-7-16)20(18,19)13-4-3-11(14)10-12(13)15/h1,3-4,10H,5-9,15H2. The van der Waals surface area contributed by atoms with E-state index >= 15 is 0 Å². The van der Waals surface area contributed by atoms with E-state index in [1.807, 2.05) is 4.90 Å². The van der Waals surface area contributed by atoms with Crippen molar-refractivity contribution in [3.05, 3.63) is 23.2 Å². The van der Waals surface area contributed by atoms with Gasteiger partial charge in [0.1, 0.15) is 4.90 Å². The van der Waals surface area contributed by atoms with Crippen molar-refractivity contribution in [1.29, 1.82) is 0 Å². The molecule has 7 heteroatoms. The molecule has 108 valence electrons. The number of hydrogen-bond acceptors (Lipinski definition) is 4. The van der Waals surface area contributed by atoms with E-state index in [2.05, 4.69) is 5.92 Å². The molecule has 2 N–H and O–H groups in total. The van der Waals surface area contributed by atoms with Gasteiger partial charge in [0.2, 0.25) is 10.0 Å². The summed E-state index contributed by atoms with van der Waals surface area (Å²) in [4.78, 5) is 2.14. The van der Waals surface area contributed by atoms with E-state index in [1.54, 1.807) is 0 Å². The van der Waals surface area contributed by atoms with E-state index < -0.39 is 10.0 Å². The average Bonchev–Trinajstić information content (AvgIpc) is 2.39. The molecule has 1 aliphatic rings. The van der Waals surface area contributed by atoms with Gasteiger partial charge < -0.3 is 5.73 Å². The number of nitrogen functional groups attached to an aromatic ring is 1.